The summed E-state index contributed by atoms with van der Waals surface area (Å²) < 4.78 is 17.4. The molecule has 5 aliphatic rings. The van der Waals surface area contributed by atoms with Crippen molar-refractivity contribution in [2.75, 3.05) is 10.2 Å². The van der Waals surface area contributed by atoms with Crippen LogP contribution < -0.4 is 40.4 Å². The summed E-state index contributed by atoms with van der Waals surface area (Å²) in [5.41, 5.74) is 16.7. The molecule has 7 heteroatoms. The molecule has 1 unspecified atom stereocenters. The molecule has 0 spiro atoms. The number of ether oxygens (including phenoxy) is 2. The smallest absolute Gasteiger partial charge is 0.198 e. The van der Waals surface area contributed by atoms with Gasteiger partial charge in [-0.15, -0.1) is 11.3 Å². The van der Waals surface area contributed by atoms with Gasteiger partial charge in [0, 0.05) is 66.1 Å². The van der Waals surface area contributed by atoms with Crippen LogP contribution >= 0.6 is 33.9 Å². The van der Waals surface area contributed by atoms with Crippen molar-refractivity contribution in [1.82, 2.24) is 0 Å². The number of benzene rings is 7. The lowest BCUT2D eigenvalue weighted by atomic mass is 9.56. The van der Waals surface area contributed by atoms with Gasteiger partial charge in [0.2, 0.25) is 0 Å². The third kappa shape index (κ3) is 6.74. The molecule has 7 aromatic carbocycles. The van der Waals surface area contributed by atoms with Gasteiger partial charge >= 0.3 is 0 Å². The van der Waals surface area contributed by atoms with E-state index in [0.717, 1.165) is 67.4 Å². The highest BCUT2D eigenvalue weighted by molar-refractivity contribution is 14.1. The summed E-state index contributed by atoms with van der Waals surface area (Å²) in [5, 5.41) is 9.45. The van der Waals surface area contributed by atoms with E-state index in [9.17, 15) is 0 Å². The molecule has 13 rings (SSSR count). The average Bonchev–Trinajstić information content (AvgIpc) is 3.73. The van der Waals surface area contributed by atoms with E-state index in [1.807, 2.05) is 11.3 Å². The molecule has 0 bridgehead atoms. The van der Waals surface area contributed by atoms with Gasteiger partial charge in [-0.1, -0.05) is 130 Å². The molecule has 1 aromatic heterocycles. The predicted octanol–water partition coefficient (Wildman–Crippen LogP) is 13.7. The van der Waals surface area contributed by atoms with E-state index in [1.54, 1.807) is 0 Å². The lowest BCUT2D eigenvalue weighted by Crippen LogP contribution is -2.44. The number of rotatable bonds is 5. The van der Waals surface area contributed by atoms with Gasteiger partial charge in [0.15, 0.2) is 24.5 Å². The largest absolute Gasteiger partial charge is 0.454 e. The summed E-state index contributed by atoms with van der Waals surface area (Å²) >= 11 is 4.37. The van der Waals surface area contributed by atoms with Crippen molar-refractivity contribution in [2.45, 2.75) is 83.5 Å². The number of aryl methyl sites for hydroxylation is 1. The topological polar surface area (TPSA) is 33.7 Å². The van der Waals surface area contributed by atoms with Gasteiger partial charge in [0.25, 0.3) is 0 Å². The van der Waals surface area contributed by atoms with E-state index < -0.39 is 0 Å². The molecule has 4 nitrogen and oxygen atoms in total. The number of hydrogen-bond acceptors (Lipinski definition) is 5. The molecular formula is C61H52BIN2O2S. The second kappa shape index (κ2) is 15.8. The zero-order valence-electron chi connectivity index (χ0n) is 39.2. The van der Waals surface area contributed by atoms with Gasteiger partial charge in [0.1, 0.15) is 5.76 Å². The summed E-state index contributed by atoms with van der Waals surface area (Å²) in [5.74, 6) is 3.34. The lowest BCUT2D eigenvalue weighted by Gasteiger charge is -2.44. The van der Waals surface area contributed by atoms with Crippen LogP contribution in [0.15, 0.2) is 151 Å². The minimum absolute atomic E-state index is 0.0324. The van der Waals surface area contributed by atoms with E-state index >= 15 is 0 Å². The van der Waals surface area contributed by atoms with Crippen molar-refractivity contribution in [3.8, 4) is 22.6 Å². The molecule has 0 saturated carbocycles. The summed E-state index contributed by atoms with van der Waals surface area (Å²) in [6.45, 7) is 12.1. The summed E-state index contributed by atoms with van der Waals surface area (Å²) in [6.07, 6.45) is 11.8. The summed E-state index contributed by atoms with van der Waals surface area (Å²) in [6, 6.07) is 47.9. The Bertz CT molecular complexity index is 3660. The Labute approximate surface area is 417 Å². The molecule has 3 heterocycles. The highest BCUT2D eigenvalue weighted by Gasteiger charge is 2.40. The Balaban J connectivity index is 1.08. The first kappa shape index (κ1) is 42.1. The van der Waals surface area contributed by atoms with Crippen LogP contribution in [-0.2, 0) is 10.8 Å². The molecule has 1 atom stereocenters. The van der Waals surface area contributed by atoms with E-state index in [-0.39, 0.29) is 16.7 Å². The fourth-order valence-electron chi connectivity index (χ4n) is 11.9. The second-order valence-corrected chi connectivity index (χ2v) is 23.1. The van der Waals surface area contributed by atoms with Crippen LogP contribution in [0, 0.1) is 10.5 Å². The highest BCUT2D eigenvalue weighted by Crippen LogP contribution is 2.52. The van der Waals surface area contributed by atoms with Crippen LogP contribution in [0.25, 0.3) is 43.8 Å². The van der Waals surface area contributed by atoms with E-state index in [2.05, 4.69) is 213 Å². The Kier molecular flexibility index (Phi) is 9.76. The van der Waals surface area contributed by atoms with Crippen LogP contribution in [0.5, 0.6) is 11.5 Å². The molecule has 3 aliphatic carbocycles. The molecule has 8 aromatic rings. The standard InChI is InChI=1S/C61H52BIN2O2S/c1-35-29-44-45(61(4,5)28-27-60(44,2)3)32-48(35)65-49-34-54-53(66-51-20-12-13-21-52(51)67-54)33-46(49)62-57-50(65)30-37-17-9-10-18-39(37)56(57)42-25-24-41-40-19-11-14-22-55(40)68-59(41)58(42)64-47-26-23-38(63)31-43(47)36-15-7-6-8-16-36/h6-11,13-19,21-24,26,29-34,42,62,64H,12,20,25,27-28H2,1-5H3. The van der Waals surface area contributed by atoms with Gasteiger partial charge in [-0.05, 0) is 158 Å². The van der Waals surface area contributed by atoms with Gasteiger partial charge in [-0.25, -0.2) is 0 Å². The SMILES string of the molecule is Cc1cc2c(cc1N1c3cc4c(cc3Bc3c1cc1ccccc1c3C1CC=c3c(sc5ccccc35)=C1Nc1ccc(I)cc1-c1ccccc1)OC1=C(C=CCC1)O4)C(C)(C)CCC2(C)C. The fourth-order valence-corrected chi connectivity index (χ4v) is 13.6. The molecule has 68 heavy (non-hydrogen) atoms. The molecule has 334 valence electrons. The minimum atomic E-state index is 0.0324. The number of anilines is 4. The summed E-state index contributed by atoms with van der Waals surface area (Å²) in [4.78, 5) is 2.60. The van der Waals surface area contributed by atoms with Gasteiger partial charge in [-0.3, -0.25) is 0 Å². The van der Waals surface area contributed by atoms with E-state index in [1.165, 1.54) is 102 Å². The normalized spacial score (nSPS) is 18.2. The predicted molar refractivity (Wildman–Crippen MR) is 296 cm³/mol. The maximum absolute atomic E-state index is 6.77. The Morgan fingerprint density at radius 3 is 2.34 bits per heavy atom. The zero-order chi connectivity index (χ0) is 46.1. The minimum Gasteiger partial charge on any atom is -0.454 e. The number of hydrogen-bond donors (Lipinski definition) is 1. The quantitative estimate of drug-likeness (QED) is 0.138. The Hall–Kier alpha value is -6.03. The third-order valence-corrected chi connectivity index (χ3v) is 17.5. The van der Waals surface area contributed by atoms with Gasteiger partial charge < -0.3 is 19.7 Å². The summed E-state index contributed by atoms with van der Waals surface area (Å²) in [7, 11) is 0.758. The van der Waals surface area contributed by atoms with Crippen molar-refractivity contribution < 1.29 is 9.47 Å². The highest BCUT2D eigenvalue weighted by atomic mass is 127. The monoisotopic (exact) mass is 1010 g/mol. The van der Waals surface area contributed by atoms with Crippen molar-refractivity contribution in [3.05, 3.63) is 187 Å². The molecule has 1 N–H and O–H groups in total. The number of thiophene rings is 1. The fraction of sp³-hybridized carbons (Fsp3) is 0.213. The number of allylic oxidation sites excluding steroid dienone is 3. The third-order valence-electron chi connectivity index (χ3n) is 15.6. The van der Waals surface area contributed by atoms with Crippen molar-refractivity contribution >= 4 is 108 Å². The molecule has 0 saturated heterocycles. The average molecular weight is 1010 g/mol. The molecular weight excluding hydrogens is 962 g/mol. The Morgan fingerprint density at radius 2 is 1.50 bits per heavy atom. The molecule has 0 amide bonds. The van der Waals surface area contributed by atoms with Crippen LogP contribution in [0.4, 0.5) is 22.7 Å². The van der Waals surface area contributed by atoms with E-state index in [4.69, 9.17) is 9.47 Å². The zero-order valence-corrected chi connectivity index (χ0v) is 42.2. The first-order chi connectivity index (χ1) is 33.0. The number of nitrogens with zero attached hydrogens (tertiary/aromatic N) is 1. The second-order valence-electron chi connectivity index (χ2n) is 20.8. The van der Waals surface area contributed by atoms with Crippen LogP contribution in [0.3, 0.4) is 0 Å². The van der Waals surface area contributed by atoms with Crippen LogP contribution in [-0.4, -0.2) is 7.28 Å². The molecule has 2 aliphatic heterocycles. The van der Waals surface area contributed by atoms with Crippen molar-refractivity contribution in [2.24, 2.45) is 0 Å². The molecule has 0 radical (unpaired) electrons. The van der Waals surface area contributed by atoms with Gasteiger partial charge in [-0.2, -0.15) is 0 Å². The van der Waals surface area contributed by atoms with E-state index in [0.29, 0.717) is 0 Å². The number of fused-ring (bicyclic) bond motifs is 8. The first-order valence-electron chi connectivity index (χ1n) is 24.3. The maximum Gasteiger partial charge on any atom is 0.198 e. The number of halogens is 1. The molecule has 0 fully saturated rings. The van der Waals surface area contributed by atoms with Crippen molar-refractivity contribution in [3.63, 3.8) is 0 Å². The Morgan fingerprint density at radius 1 is 0.750 bits per heavy atom. The maximum atomic E-state index is 6.77. The van der Waals surface area contributed by atoms with Crippen LogP contribution in [0.2, 0.25) is 0 Å². The number of nitrogens with one attached hydrogen (secondary N) is 1. The lowest BCUT2D eigenvalue weighted by molar-refractivity contribution is 0.290. The first-order valence-corrected chi connectivity index (χ1v) is 26.2. The van der Waals surface area contributed by atoms with Crippen molar-refractivity contribution in [1.29, 1.82) is 0 Å². The van der Waals surface area contributed by atoms with Crippen LogP contribution in [0.1, 0.15) is 88.0 Å². The van der Waals surface area contributed by atoms with Gasteiger partial charge in [0.05, 0.1) is 4.53 Å².